The number of aromatic nitrogens is 3. The largest absolute Gasteiger partial charge is 0.372 e. The Labute approximate surface area is 173 Å². The molecule has 0 saturated heterocycles. The van der Waals surface area contributed by atoms with Crippen LogP contribution in [0.25, 0.3) is 11.2 Å². The van der Waals surface area contributed by atoms with E-state index in [1.807, 2.05) is 42.1 Å². The van der Waals surface area contributed by atoms with E-state index >= 15 is 0 Å². The van der Waals surface area contributed by atoms with E-state index in [0.717, 1.165) is 54.2 Å². The van der Waals surface area contributed by atoms with Crippen LogP contribution in [0.4, 0.5) is 17.2 Å². The molecule has 0 aliphatic carbocycles. The van der Waals surface area contributed by atoms with Crippen molar-refractivity contribution in [3.63, 3.8) is 0 Å². The molecule has 1 N–H and O–H groups in total. The van der Waals surface area contributed by atoms with E-state index < -0.39 is 0 Å². The maximum absolute atomic E-state index is 4.79. The highest BCUT2D eigenvalue weighted by molar-refractivity contribution is 5.76. The van der Waals surface area contributed by atoms with Crippen LogP contribution in [0.15, 0.2) is 61.0 Å². The molecule has 3 rings (SSSR count). The molecular formula is C24H31N5. The number of benzene rings is 1. The van der Waals surface area contributed by atoms with Crippen molar-refractivity contribution < 1.29 is 0 Å². The van der Waals surface area contributed by atoms with Crippen molar-refractivity contribution in [2.45, 2.75) is 40.5 Å². The van der Waals surface area contributed by atoms with Crippen molar-refractivity contribution in [1.82, 2.24) is 14.6 Å². The molecule has 1 aromatic carbocycles. The second-order valence-corrected chi connectivity index (χ2v) is 7.17. The minimum Gasteiger partial charge on any atom is -0.372 e. The summed E-state index contributed by atoms with van der Waals surface area (Å²) in [5, 5.41) is 7.84. The Morgan fingerprint density at radius 2 is 1.83 bits per heavy atom. The molecule has 29 heavy (non-hydrogen) atoms. The third-order valence-corrected chi connectivity index (χ3v) is 4.82. The third kappa shape index (κ3) is 5.05. The molecule has 0 saturated carbocycles. The summed E-state index contributed by atoms with van der Waals surface area (Å²) in [5.74, 6) is 0.810. The predicted octanol–water partition coefficient (Wildman–Crippen LogP) is 6.08. The molecule has 0 aliphatic heterocycles. The van der Waals surface area contributed by atoms with Gasteiger partial charge in [0.25, 0.3) is 0 Å². The lowest BCUT2D eigenvalue weighted by molar-refractivity contribution is 0.745. The first-order valence-electron chi connectivity index (χ1n) is 10.4. The Balaban J connectivity index is 1.81. The molecule has 3 aromatic rings. The van der Waals surface area contributed by atoms with Crippen LogP contribution in [0.3, 0.4) is 0 Å². The van der Waals surface area contributed by atoms with Gasteiger partial charge >= 0.3 is 0 Å². The smallest absolute Gasteiger partial charge is 0.164 e. The van der Waals surface area contributed by atoms with Gasteiger partial charge in [0, 0.05) is 36.2 Å². The monoisotopic (exact) mass is 389 g/mol. The molecule has 5 heteroatoms. The van der Waals surface area contributed by atoms with Crippen LogP contribution < -0.4 is 10.2 Å². The molecule has 2 aromatic heterocycles. The minimum absolute atomic E-state index is 0.810. The van der Waals surface area contributed by atoms with Crippen molar-refractivity contribution >= 4 is 28.4 Å². The van der Waals surface area contributed by atoms with Crippen LogP contribution >= 0.6 is 0 Å². The number of nitrogens with one attached hydrogen (secondary N) is 1. The highest BCUT2D eigenvalue weighted by Crippen LogP contribution is 2.23. The molecule has 0 aliphatic rings. The zero-order chi connectivity index (χ0) is 20.6. The van der Waals surface area contributed by atoms with Crippen molar-refractivity contribution in [1.29, 1.82) is 0 Å². The Morgan fingerprint density at radius 3 is 2.48 bits per heavy atom. The molecule has 0 bridgehead atoms. The number of hydrogen-bond acceptors (Lipinski definition) is 4. The average Bonchev–Trinajstić information content (AvgIpc) is 3.16. The number of allylic oxidation sites excluding steroid dienone is 4. The number of hydrogen-bond donors (Lipinski definition) is 1. The summed E-state index contributed by atoms with van der Waals surface area (Å²) < 4.78 is 1.81. The van der Waals surface area contributed by atoms with E-state index in [9.17, 15) is 0 Å². The average molecular weight is 390 g/mol. The van der Waals surface area contributed by atoms with Gasteiger partial charge < -0.3 is 10.2 Å². The Bertz CT molecular complexity index is 976. The number of rotatable bonds is 9. The molecule has 0 amide bonds. The van der Waals surface area contributed by atoms with Gasteiger partial charge in [-0.3, -0.25) is 0 Å². The normalized spacial score (nSPS) is 12.1. The molecule has 2 heterocycles. The summed E-state index contributed by atoms with van der Waals surface area (Å²) in [7, 11) is 0. The molecule has 5 nitrogen and oxygen atoms in total. The summed E-state index contributed by atoms with van der Waals surface area (Å²) in [6, 6.07) is 10.5. The van der Waals surface area contributed by atoms with Crippen LogP contribution in [-0.2, 0) is 0 Å². The fourth-order valence-corrected chi connectivity index (χ4v) is 3.36. The third-order valence-electron chi connectivity index (χ3n) is 4.82. The van der Waals surface area contributed by atoms with Crippen LogP contribution in [-0.4, -0.2) is 27.7 Å². The Kier molecular flexibility index (Phi) is 7.06. The molecule has 152 valence electrons. The number of fused-ring (bicyclic) bond motifs is 1. The van der Waals surface area contributed by atoms with Crippen molar-refractivity contribution in [3.8, 4) is 0 Å². The summed E-state index contributed by atoms with van der Waals surface area (Å²) in [4.78, 5) is 7.23. The number of nitrogens with zero attached hydrogens (tertiary/aromatic N) is 4. The van der Waals surface area contributed by atoms with Crippen molar-refractivity contribution in [2.24, 2.45) is 0 Å². The van der Waals surface area contributed by atoms with E-state index in [0.29, 0.717) is 0 Å². The standard InChI is InChI=1S/C24H31N5/c1-5-8-9-19(4)22-18-25-29-17-14-23(27-24(22)29)26-20-10-12-21(13-11-20)28(15-6-2)16-7-3/h5,8-14,17-18H,6-7,15-16H2,1-4H3,(H,26,27)/b8-5-,19-9+. The molecule has 0 spiro atoms. The van der Waals surface area contributed by atoms with Gasteiger partial charge in [-0.1, -0.05) is 32.1 Å². The van der Waals surface area contributed by atoms with E-state index in [4.69, 9.17) is 4.98 Å². The van der Waals surface area contributed by atoms with Crippen LogP contribution in [0, 0.1) is 0 Å². The second kappa shape index (κ2) is 9.92. The van der Waals surface area contributed by atoms with Gasteiger partial charge in [-0.2, -0.15) is 5.10 Å². The fourth-order valence-electron chi connectivity index (χ4n) is 3.36. The van der Waals surface area contributed by atoms with Crippen molar-refractivity contribution in [2.75, 3.05) is 23.3 Å². The lowest BCUT2D eigenvalue weighted by atomic mass is 10.1. The maximum Gasteiger partial charge on any atom is 0.164 e. The lowest BCUT2D eigenvalue weighted by Crippen LogP contribution is -2.24. The predicted molar refractivity (Wildman–Crippen MR) is 124 cm³/mol. The highest BCUT2D eigenvalue weighted by atomic mass is 15.2. The summed E-state index contributed by atoms with van der Waals surface area (Å²) >= 11 is 0. The Morgan fingerprint density at radius 1 is 1.10 bits per heavy atom. The topological polar surface area (TPSA) is 45.5 Å². The Hall–Kier alpha value is -3.08. The van der Waals surface area contributed by atoms with E-state index in [2.05, 4.69) is 66.4 Å². The SMILES string of the molecule is C/C=C\C=C(/C)c1cnn2ccc(Nc3ccc(N(CCC)CCC)cc3)nc12. The summed E-state index contributed by atoms with van der Waals surface area (Å²) in [6.45, 7) is 10.7. The van der Waals surface area contributed by atoms with E-state index in [-0.39, 0.29) is 0 Å². The lowest BCUT2D eigenvalue weighted by Gasteiger charge is -2.24. The molecular weight excluding hydrogens is 358 g/mol. The quantitative estimate of drug-likeness (QED) is 0.451. The van der Waals surface area contributed by atoms with Gasteiger partial charge in [-0.15, -0.1) is 0 Å². The van der Waals surface area contributed by atoms with Gasteiger partial charge in [0.15, 0.2) is 5.65 Å². The van der Waals surface area contributed by atoms with Crippen molar-refractivity contribution in [3.05, 3.63) is 66.5 Å². The first kappa shape index (κ1) is 20.6. The van der Waals surface area contributed by atoms with Crippen LogP contribution in [0.2, 0.25) is 0 Å². The zero-order valence-corrected chi connectivity index (χ0v) is 17.9. The number of anilines is 3. The van der Waals surface area contributed by atoms with Gasteiger partial charge in [0.1, 0.15) is 5.82 Å². The van der Waals surface area contributed by atoms with Crippen LogP contribution in [0.1, 0.15) is 46.1 Å². The fraction of sp³-hybridized carbons (Fsp3) is 0.333. The molecule has 0 fully saturated rings. The molecule has 0 radical (unpaired) electrons. The highest BCUT2D eigenvalue weighted by Gasteiger charge is 2.09. The van der Waals surface area contributed by atoms with E-state index in [1.54, 1.807) is 0 Å². The van der Waals surface area contributed by atoms with Crippen LogP contribution in [0.5, 0.6) is 0 Å². The first-order valence-corrected chi connectivity index (χ1v) is 10.4. The summed E-state index contributed by atoms with van der Waals surface area (Å²) in [5.41, 5.74) is 5.32. The summed E-state index contributed by atoms with van der Waals surface area (Å²) in [6.07, 6.45) is 12.2. The van der Waals surface area contributed by atoms with E-state index in [1.165, 1.54) is 5.69 Å². The minimum atomic E-state index is 0.810. The first-order chi connectivity index (χ1) is 14.2. The zero-order valence-electron chi connectivity index (χ0n) is 17.9. The van der Waals surface area contributed by atoms with Gasteiger partial charge in [0.2, 0.25) is 0 Å². The second-order valence-electron chi connectivity index (χ2n) is 7.17. The molecule has 0 unspecified atom stereocenters. The van der Waals surface area contributed by atoms with Gasteiger partial charge in [0.05, 0.1) is 6.20 Å². The van der Waals surface area contributed by atoms with Gasteiger partial charge in [-0.05, 0) is 62.6 Å². The maximum atomic E-state index is 4.79. The molecule has 0 atom stereocenters. The van der Waals surface area contributed by atoms with Gasteiger partial charge in [-0.25, -0.2) is 9.50 Å².